The van der Waals surface area contributed by atoms with Gasteiger partial charge in [0, 0.05) is 33.3 Å². The molecule has 0 N–H and O–H groups in total. The van der Waals surface area contributed by atoms with Gasteiger partial charge in [0.25, 0.3) is 0 Å². The fourth-order valence-electron chi connectivity index (χ4n) is 4.16. The predicted octanol–water partition coefficient (Wildman–Crippen LogP) is 2.42. The van der Waals surface area contributed by atoms with Crippen LogP contribution < -0.4 is 0 Å². The smallest absolute Gasteiger partial charge is 0.320 e. The Morgan fingerprint density at radius 3 is 2.21 bits per heavy atom. The summed E-state index contributed by atoms with van der Waals surface area (Å²) in [4.78, 5) is 28.9. The Morgan fingerprint density at radius 2 is 1.50 bits per heavy atom. The molecule has 1 saturated carbocycles. The van der Waals surface area contributed by atoms with E-state index in [0.717, 1.165) is 71.0 Å². The van der Waals surface area contributed by atoms with E-state index in [2.05, 4.69) is 0 Å². The van der Waals surface area contributed by atoms with E-state index < -0.39 is 0 Å². The van der Waals surface area contributed by atoms with Crippen LogP contribution in [0.1, 0.15) is 51.4 Å². The third-order valence-electron chi connectivity index (χ3n) is 5.61. The second kappa shape index (κ2) is 8.19. The first-order chi connectivity index (χ1) is 11.7. The number of carbonyl (C=O) groups excluding carboxylic acids is 2. The number of esters is 1. The molecule has 2 saturated heterocycles. The van der Waals surface area contributed by atoms with Crippen molar-refractivity contribution >= 4 is 12.0 Å². The van der Waals surface area contributed by atoms with Gasteiger partial charge in [-0.15, -0.1) is 0 Å². The molecular weight excluding hydrogens is 308 g/mol. The van der Waals surface area contributed by atoms with Crippen LogP contribution in [0.2, 0.25) is 0 Å². The molecule has 0 aromatic rings. The molecule has 3 rings (SSSR count). The molecule has 2 aliphatic heterocycles. The monoisotopic (exact) mass is 338 g/mol. The van der Waals surface area contributed by atoms with E-state index >= 15 is 0 Å². The fourth-order valence-corrected chi connectivity index (χ4v) is 4.16. The quantitative estimate of drug-likeness (QED) is 0.742. The first-order valence-electron chi connectivity index (χ1n) is 9.46. The maximum Gasteiger partial charge on any atom is 0.320 e. The molecule has 3 unspecified atom stereocenters. The molecule has 0 spiro atoms. The zero-order valence-corrected chi connectivity index (χ0v) is 14.7. The number of carbonyl (C=O) groups is 2. The normalized spacial score (nSPS) is 31.1. The van der Waals surface area contributed by atoms with Crippen LogP contribution in [0, 0.1) is 5.92 Å². The van der Waals surface area contributed by atoms with Crippen molar-refractivity contribution in [2.45, 2.75) is 63.6 Å². The molecule has 24 heavy (non-hydrogen) atoms. The van der Waals surface area contributed by atoms with Crippen molar-refractivity contribution in [3.63, 3.8) is 0 Å². The van der Waals surface area contributed by atoms with E-state index in [4.69, 9.17) is 9.47 Å². The number of urea groups is 1. The molecule has 3 fully saturated rings. The molecule has 1 aliphatic carbocycles. The largest absolute Gasteiger partial charge is 0.459 e. The van der Waals surface area contributed by atoms with Crippen molar-refractivity contribution in [1.82, 2.24) is 9.80 Å². The molecule has 3 aliphatic rings. The molecule has 136 valence electrons. The van der Waals surface area contributed by atoms with E-state index in [1.807, 2.05) is 9.80 Å². The zero-order chi connectivity index (χ0) is 16.9. The number of amides is 2. The third-order valence-corrected chi connectivity index (χ3v) is 5.61. The molecule has 0 aromatic carbocycles. The highest BCUT2D eigenvalue weighted by Crippen LogP contribution is 2.26. The van der Waals surface area contributed by atoms with Crippen LogP contribution in [0.25, 0.3) is 0 Å². The molecule has 2 amide bonds. The third kappa shape index (κ3) is 4.02. The topological polar surface area (TPSA) is 59.1 Å². The molecule has 2 heterocycles. The molecule has 0 bridgehead atoms. The Morgan fingerprint density at radius 1 is 0.833 bits per heavy atom. The Labute approximate surface area is 144 Å². The van der Waals surface area contributed by atoms with Gasteiger partial charge in [-0.1, -0.05) is 6.42 Å². The molecular formula is C18H30N2O4. The Hall–Kier alpha value is -1.30. The summed E-state index contributed by atoms with van der Waals surface area (Å²) in [7, 11) is 1.69. The first-order valence-corrected chi connectivity index (χ1v) is 9.46. The molecule has 6 heteroatoms. The molecule has 3 atom stereocenters. The number of likely N-dealkylation sites (tertiary alicyclic amines) is 2. The van der Waals surface area contributed by atoms with Crippen molar-refractivity contribution in [3.05, 3.63) is 0 Å². The van der Waals surface area contributed by atoms with Gasteiger partial charge in [0.1, 0.15) is 6.10 Å². The standard InChI is InChI=1S/C18H30N2O4/c1-23-15-8-2-3-9-16(15)24-17(21)14-7-6-12-20(13-14)18(22)19-10-4-5-11-19/h14-16H,2-13H2,1H3. The van der Waals surface area contributed by atoms with Crippen molar-refractivity contribution in [2.24, 2.45) is 5.92 Å². The number of methoxy groups -OCH3 is 1. The number of piperidine rings is 1. The number of ether oxygens (including phenoxy) is 2. The minimum absolute atomic E-state index is 0.0219. The molecule has 6 nitrogen and oxygen atoms in total. The lowest BCUT2D eigenvalue weighted by atomic mass is 9.94. The van der Waals surface area contributed by atoms with Gasteiger partial charge in [-0.25, -0.2) is 4.79 Å². The van der Waals surface area contributed by atoms with E-state index in [-0.39, 0.29) is 30.1 Å². The zero-order valence-electron chi connectivity index (χ0n) is 14.7. The lowest BCUT2D eigenvalue weighted by molar-refractivity contribution is -0.165. The van der Waals surface area contributed by atoms with E-state index in [0.29, 0.717) is 6.54 Å². The highest BCUT2D eigenvalue weighted by Gasteiger charge is 2.35. The second-order valence-corrected chi connectivity index (χ2v) is 7.30. The van der Waals surface area contributed by atoms with Crippen LogP contribution in [-0.4, -0.2) is 67.3 Å². The Bertz CT molecular complexity index is 450. The van der Waals surface area contributed by atoms with Gasteiger partial charge in [0.2, 0.25) is 0 Å². The Balaban J connectivity index is 1.53. The van der Waals surface area contributed by atoms with E-state index in [1.54, 1.807) is 7.11 Å². The fraction of sp³-hybridized carbons (Fsp3) is 0.889. The van der Waals surface area contributed by atoms with Crippen LogP contribution in [0.5, 0.6) is 0 Å². The summed E-state index contributed by atoms with van der Waals surface area (Å²) in [5.41, 5.74) is 0. The average Bonchev–Trinajstić information content (AvgIpc) is 3.16. The highest BCUT2D eigenvalue weighted by molar-refractivity contribution is 5.77. The van der Waals surface area contributed by atoms with Crippen molar-refractivity contribution < 1.29 is 19.1 Å². The molecule has 0 aromatic heterocycles. The van der Waals surface area contributed by atoms with Crippen LogP contribution in [0.4, 0.5) is 4.79 Å². The number of rotatable bonds is 3. The van der Waals surface area contributed by atoms with Crippen LogP contribution >= 0.6 is 0 Å². The maximum atomic E-state index is 12.6. The highest BCUT2D eigenvalue weighted by atomic mass is 16.6. The summed E-state index contributed by atoms with van der Waals surface area (Å²) >= 11 is 0. The van der Waals surface area contributed by atoms with Gasteiger partial charge >= 0.3 is 12.0 Å². The minimum Gasteiger partial charge on any atom is -0.459 e. The van der Waals surface area contributed by atoms with Gasteiger partial charge in [-0.3, -0.25) is 4.79 Å². The number of hydrogen-bond acceptors (Lipinski definition) is 4. The maximum absolute atomic E-state index is 12.6. The summed E-state index contributed by atoms with van der Waals surface area (Å²) in [5.74, 6) is -0.340. The predicted molar refractivity (Wildman–Crippen MR) is 89.6 cm³/mol. The van der Waals surface area contributed by atoms with Gasteiger partial charge in [-0.2, -0.15) is 0 Å². The van der Waals surface area contributed by atoms with Crippen molar-refractivity contribution in [1.29, 1.82) is 0 Å². The summed E-state index contributed by atoms with van der Waals surface area (Å²) in [6, 6.07) is 0.0948. The molecule has 0 radical (unpaired) electrons. The summed E-state index contributed by atoms with van der Waals surface area (Å²) in [6.45, 7) is 2.95. The lowest BCUT2D eigenvalue weighted by Crippen LogP contribution is -2.49. The summed E-state index contributed by atoms with van der Waals surface area (Å²) in [6.07, 6.45) is 7.82. The van der Waals surface area contributed by atoms with Crippen LogP contribution in [0.3, 0.4) is 0 Å². The first kappa shape index (κ1) is 17.5. The van der Waals surface area contributed by atoms with Crippen LogP contribution in [-0.2, 0) is 14.3 Å². The lowest BCUT2D eigenvalue weighted by Gasteiger charge is -2.36. The second-order valence-electron chi connectivity index (χ2n) is 7.30. The van der Waals surface area contributed by atoms with E-state index in [9.17, 15) is 9.59 Å². The van der Waals surface area contributed by atoms with E-state index in [1.165, 1.54) is 0 Å². The summed E-state index contributed by atoms with van der Waals surface area (Å²) < 4.78 is 11.2. The SMILES string of the molecule is COC1CCCCC1OC(=O)C1CCCN(C(=O)N2CCCC2)C1. The van der Waals surface area contributed by atoms with Gasteiger partial charge in [-0.05, 0) is 44.9 Å². The van der Waals surface area contributed by atoms with Gasteiger partial charge in [0.15, 0.2) is 0 Å². The Kier molecular flexibility index (Phi) is 5.98. The van der Waals surface area contributed by atoms with Crippen LogP contribution in [0.15, 0.2) is 0 Å². The minimum atomic E-state index is -0.190. The van der Waals surface area contributed by atoms with Crippen molar-refractivity contribution in [3.8, 4) is 0 Å². The van der Waals surface area contributed by atoms with Gasteiger partial charge in [0.05, 0.1) is 12.0 Å². The van der Waals surface area contributed by atoms with Crippen molar-refractivity contribution in [2.75, 3.05) is 33.3 Å². The number of nitrogens with zero attached hydrogens (tertiary/aromatic N) is 2. The number of hydrogen-bond donors (Lipinski definition) is 0. The van der Waals surface area contributed by atoms with Gasteiger partial charge < -0.3 is 19.3 Å². The average molecular weight is 338 g/mol. The summed E-state index contributed by atoms with van der Waals surface area (Å²) in [5, 5.41) is 0.